The maximum absolute atomic E-state index is 11.1. The number of hydrogen-bond donors (Lipinski definition) is 1. The molecule has 0 saturated carbocycles. The Morgan fingerprint density at radius 2 is 1.74 bits per heavy atom. The maximum Gasteiger partial charge on any atom is 0.368 e. The van der Waals surface area contributed by atoms with Crippen molar-refractivity contribution in [2.24, 2.45) is 9.98 Å². The molecule has 4 heteroatoms. The van der Waals surface area contributed by atoms with Crippen molar-refractivity contribution in [1.82, 2.24) is 0 Å². The smallest absolute Gasteiger partial charge is 0.368 e. The van der Waals surface area contributed by atoms with E-state index in [4.69, 9.17) is 0 Å². The number of urea groups is 1. The second kappa shape index (κ2) is 4.49. The van der Waals surface area contributed by atoms with Crippen LogP contribution in [0, 0.1) is 0 Å². The highest BCUT2D eigenvalue weighted by Crippen LogP contribution is 2.14. The van der Waals surface area contributed by atoms with Gasteiger partial charge in [0.2, 0.25) is 0 Å². The first kappa shape index (κ1) is 11.3. The van der Waals surface area contributed by atoms with Gasteiger partial charge in [-0.05, 0) is 17.7 Å². The summed E-state index contributed by atoms with van der Waals surface area (Å²) >= 11 is 0. The van der Waals surface area contributed by atoms with Gasteiger partial charge < -0.3 is 5.11 Å². The molecule has 1 aliphatic rings. The maximum atomic E-state index is 11.1. The molecule has 0 unspecified atom stereocenters. The van der Waals surface area contributed by atoms with E-state index >= 15 is 0 Å². The minimum absolute atomic E-state index is 0.0146. The van der Waals surface area contributed by atoms with Gasteiger partial charge in [-0.2, -0.15) is 9.98 Å². The monoisotopic (exact) mass is 250 g/mol. The molecule has 92 valence electrons. The molecule has 1 heterocycles. The molecule has 1 aliphatic heterocycles. The number of phenols is 1. The first-order chi connectivity index (χ1) is 9.24. The van der Waals surface area contributed by atoms with E-state index in [-0.39, 0.29) is 11.1 Å². The molecule has 0 aliphatic carbocycles. The Morgan fingerprint density at radius 3 is 2.53 bits per heavy atom. The standard InChI is InChI=1S/C15H10N2O2/c18-14-11(7-6-10-4-2-1-3-5-10)8-9-12-13(14)17-15(19)16-12/h1-9,18H. The average Bonchev–Trinajstić information content (AvgIpc) is 2.81. The van der Waals surface area contributed by atoms with Gasteiger partial charge in [-0.3, -0.25) is 0 Å². The predicted molar refractivity (Wildman–Crippen MR) is 71.2 cm³/mol. The summed E-state index contributed by atoms with van der Waals surface area (Å²) < 4.78 is 0. The molecule has 2 aromatic rings. The Kier molecular flexibility index (Phi) is 2.68. The summed E-state index contributed by atoms with van der Waals surface area (Å²) in [5.41, 5.74) is 1.64. The molecule has 1 N–H and O–H groups in total. The van der Waals surface area contributed by atoms with Crippen LogP contribution >= 0.6 is 0 Å². The van der Waals surface area contributed by atoms with Crippen molar-refractivity contribution in [1.29, 1.82) is 0 Å². The summed E-state index contributed by atoms with van der Waals surface area (Å²) in [6.45, 7) is 0. The van der Waals surface area contributed by atoms with Gasteiger partial charge in [0.25, 0.3) is 0 Å². The molecule has 0 atom stereocenters. The third kappa shape index (κ3) is 2.15. The minimum atomic E-state index is -0.575. The zero-order valence-electron chi connectivity index (χ0n) is 9.95. The van der Waals surface area contributed by atoms with Crippen LogP contribution in [-0.2, 0) is 0 Å². The Bertz CT molecular complexity index is 793. The molecule has 0 saturated heterocycles. The Balaban J connectivity index is 2.03. The van der Waals surface area contributed by atoms with Gasteiger partial charge >= 0.3 is 6.03 Å². The number of amides is 2. The lowest BCUT2D eigenvalue weighted by Gasteiger charge is -1.98. The third-order valence-electron chi connectivity index (χ3n) is 2.84. The summed E-state index contributed by atoms with van der Waals surface area (Å²) in [7, 11) is 0. The fraction of sp³-hybridized carbons (Fsp3) is 0. The van der Waals surface area contributed by atoms with Crippen LogP contribution < -0.4 is 10.7 Å². The van der Waals surface area contributed by atoms with E-state index in [0.717, 1.165) is 5.56 Å². The molecule has 0 bridgehead atoms. The molecule has 3 rings (SSSR count). The van der Waals surface area contributed by atoms with Crippen LogP contribution in [0.5, 0.6) is 5.75 Å². The molecule has 0 aromatic heterocycles. The molecule has 0 radical (unpaired) electrons. The second-order valence-electron chi connectivity index (χ2n) is 4.12. The summed E-state index contributed by atoms with van der Waals surface area (Å²) in [4.78, 5) is 18.4. The number of nitrogens with zero attached hydrogens (tertiary/aromatic N) is 2. The zero-order chi connectivity index (χ0) is 13.2. The average molecular weight is 250 g/mol. The second-order valence-corrected chi connectivity index (χ2v) is 4.12. The lowest BCUT2D eigenvalue weighted by atomic mass is 10.1. The van der Waals surface area contributed by atoms with Crippen LogP contribution in [0.4, 0.5) is 4.79 Å². The summed E-state index contributed by atoms with van der Waals surface area (Å²) in [5, 5.41) is 10.7. The number of rotatable bonds is 2. The van der Waals surface area contributed by atoms with Crippen molar-refractivity contribution in [2.45, 2.75) is 0 Å². The van der Waals surface area contributed by atoms with Crippen LogP contribution in [0.1, 0.15) is 11.1 Å². The highest BCUT2D eigenvalue weighted by atomic mass is 16.3. The largest absolute Gasteiger partial charge is 0.505 e. The number of hydrogen-bond acceptors (Lipinski definition) is 2. The quantitative estimate of drug-likeness (QED) is 0.828. The van der Waals surface area contributed by atoms with E-state index in [9.17, 15) is 9.90 Å². The highest BCUT2D eigenvalue weighted by Gasteiger charge is 2.10. The van der Waals surface area contributed by atoms with Crippen molar-refractivity contribution in [3.63, 3.8) is 0 Å². The van der Waals surface area contributed by atoms with E-state index in [1.807, 2.05) is 36.4 Å². The van der Waals surface area contributed by atoms with Gasteiger partial charge in [-0.1, -0.05) is 42.5 Å². The van der Waals surface area contributed by atoms with Gasteiger partial charge in [0.15, 0.2) is 5.75 Å². The molecular formula is C15H10N2O2. The fourth-order valence-electron chi connectivity index (χ4n) is 1.89. The van der Waals surface area contributed by atoms with E-state index in [0.29, 0.717) is 10.9 Å². The van der Waals surface area contributed by atoms with Gasteiger partial charge in [0.05, 0.1) is 5.36 Å². The number of carbonyl (C=O) groups is 1. The van der Waals surface area contributed by atoms with Crippen LogP contribution in [0.15, 0.2) is 52.4 Å². The Hall–Kier alpha value is -2.75. The first-order valence-electron chi connectivity index (χ1n) is 5.80. The SMILES string of the molecule is O=C1N=c2ccc(C=Cc3ccccc3)c(O)c2=N1. The number of benzene rings is 2. The van der Waals surface area contributed by atoms with Gasteiger partial charge in [0, 0.05) is 5.56 Å². The van der Waals surface area contributed by atoms with Crippen molar-refractivity contribution in [3.05, 3.63) is 64.3 Å². The molecule has 0 spiro atoms. The van der Waals surface area contributed by atoms with Crippen molar-refractivity contribution < 1.29 is 9.90 Å². The zero-order valence-corrected chi connectivity index (χ0v) is 9.95. The summed E-state index contributed by atoms with van der Waals surface area (Å²) in [6, 6.07) is 12.6. The van der Waals surface area contributed by atoms with Crippen LogP contribution in [-0.4, -0.2) is 11.1 Å². The molecule has 4 nitrogen and oxygen atoms in total. The van der Waals surface area contributed by atoms with Crippen LogP contribution in [0.3, 0.4) is 0 Å². The third-order valence-corrected chi connectivity index (χ3v) is 2.84. The Labute approximate surface area is 109 Å². The number of carbonyl (C=O) groups excluding carboxylic acids is 1. The highest BCUT2D eigenvalue weighted by molar-refractivity contribution is 5.79. The number of fused-ring (bicyclic) bond motifs is 1. The molecular weight excluding hydrogens is 240 g/mol. The van der Waals surface area contributed by atoms with E-state index in [2.05, 4.69) is 9.98 Å². The minimum Gasteiger partial charge on any atom is -0.505 e. The van der Waals surface area contributed by atoms with Gasteiger partial charge in [0.1, 0.15) is 5.36 Å². The molecule has 2 aromatic carbocycles. The number of aromatic hydroxyl groups is 1. The fourth-order valence-corrected chi connectivity index (χ4v) is 1.89. The summed E-state index contributed by atoms with van der Waals surface area (Å²) in [5.74, 6) is -0.0146. The molecule has 0 fully saturated rings. The Morgan fingerprint density at radius 1 is 0.947 bits per heavy atom. The van der Waals surface area contributed by atoms with Crippen LogP contribution in [0.2, 0.25) is 0 Å². The van der Waals surface area contributed by atoms with Crippen LogP contribution in [0.25, 0.3) is 12.2 Å². The van der Waals surface area contributed by atoms with E-state index in [1.165, 1.54) is 0 Å². The first-order valence-corrected chi connectivity index (χ1v) is 5.80. The lowest BCUT2D eigenvalue weighted by molar-refractivity contribution is 0.256. The molecule has 19 heavy (non-hydrogen) atoms. The van der Waals surface area contributed by atoms with Crippen molar-refractivity contribution in [3.8, 4) is 5.75 Å². The normalized spacial score (nSPS) is 13.2. The van der Waals surface area contributed by atoms with Gasteiger partial charge in [-0.15, -0.1) is 0 Å². The predicted octanol–water partition coefficient (Wildman–Crippen LogP) is 1.94. The summed E-state index contributed by atoms with van der Waals surface area (Å²) in [6.07, 6.45) is 3.67. The topological polar surface area (TPSA) is 62.0 Å². The van der Waals surface area contributed by atoms with Crippen molar-refractivity contribution >= 4 is 18.2 Å². The van der Waals surface area contributed by atoms with Crippen molar-refractivity contribution in [2.75, 3.05) is 0 Å². The van der Waals surface area contributed by atoms with Gasteiger partial charge in [-0.25, -0.2) is 4.79 Å². The number of phenolic OH excluding ortho intramolecular Hbond substituents is 1. The lowest BCUT2D eigenvalue weighted by Crippen LogP contribution is -2.22. The van der Waals surface area contributed by atoms with E-state index < -0.39 is 6.03 Å². The van der Waals surface area contributed by atoms with E-state index in [1.54, 1.807) is 18.2 Å². The molecule has 2 amide bonds.